The molecule has 0 amide bonds. The van der Waals surface area contributed by atoms with Crippen molar-refractivity contribution in [1.82, 2.24) is 9.97 Å². The van der Waals surface area contributed by atoms with Crippen LogP contribution in [-0.2, 0) is 0 Å². The molecule has 0 bridgehead atoms. The van der Waals surface area contributed by atoms with Crippen molar-refractivity contribution in [3.63, 3.8) is 0 Å². The molecule has 2 aromatic carbocycles. The van der Waals surface area contributed by atoms with Gasteiger partial charge in [0, 0.05) is 9.50 Å². The van der Waals surface area contributed by atoms with Crippen LogP contribution < -0.4 is 10.5 Å². The van der Waals surface area contributed by atoms with Crippen molar-refractivity contribution in [1.29, 1.82) is 0 Å². The number of hydrogen-bond acceptors (Lipinski definition) is 3. The topological polar surface area (TPSA) is 63.9 Å². The van der Waals surface area contributed by atoms with Crippen LogP contribution in [-0.4, -0.2) is 9.97 Å². The van der Waals surface area contributed by atoms with Crippen molar-refractivity contribution >= 4 is 44.3 Å². The molecule has 0 aliphatic heterocycles. The number of rotatable bonds is 3. The van der Waals surface area contributed by atoms with Crippen molar-refractivity contribution in [2.24, 2.45) is 0 Å². The Bertz CT molecular complexity index is 803. The number of aromatic nitrogens is 2. The summed E-state index contributed by atoms with van der Waals surface area (Å²) in [6, 6.07) is 11.0. The van der Waals surface area contributed by atoms with Crippen LogP contribution in [0.3, 0.4) is 0 Å². The number of ether oxygens (including phenoxy) is 1. The lowest BCUT2D eigenvalue weighted by Gasteiger charge is -2.12. The maximum atomic E-state index is 5.97. The number of nitrogens with two attached hydrogens (primary N) is 1. The lowest BCUT2D eigenvalue weighted by molar-refractivity contribution is 0.218. The summed E-state index contributed by atoms with van der Waals surface area (Å²) >= 11 is 9.37. The number of benzene rings is 2. The Morgan fingerprint density at radius 3 is 2.90 bits per heavy atom. The second kappa shape index (κ2) is 5.58. The van der Waals surface area contributed by atoms with Crippen LogP contribution in [0.15, 0.2) is 40.9 Å². The maximum absolute atomic E-state index is 5.97. The summed E-state index contributed by atoms with van der Waals surface area (Å²) in [6.07, 6.45) is -0.242. The van der Waals surface area contributed by atoms with E-state index in [9.17, 15) is 0 Å². The van der Waals surface area contributed by atoms with E-state index in [1.165, 1.54) is 0 Å². The van der Waals surface area contributed by atoms with Crippen molar-refractivity contribution in [2.75, 3.05) is 5.73 Å². The van der Waals surface area contributed by atoms with Crippen LogP contribution in [0.1, 0.15) is 18.9 Å². The van der Waals surface area contributed by atoms with E-state index in [2.05, 4.69) is 25.9 Å². The van der Waals surface area contributed by atoms with Crippen LogP contribution in [0.2, 0.25) is 5.02 Å². The number of nitrogens with zero attached hydrogens (tertiary/aromatic N) is 1. The molecule has 1 aromatic heterocycles. The molecule has 0 radical (unpaired) electrons. The van der Waals surface area contributed by atoms with E-state index in [1.807, 2.05) is 31.2 Å². The zero-order valence-electron chi connectivity index (χ0n) is 11.2. The van der Waals surface area contributed by atoms with Crippen molar-refractivity contribution in [3.8, 4) is 5.75 Å². The first-order chi connectivity index (χ1) is 10.0. The van der Waals surface area contributed by atoms with E-state index >= 15 is 0 Å². The van der Waals surface area contributed by atoms with Crippen molar-refractivity contribution in [2.45, 2.75) is 13.0 Å². The average molecular weight is 367 g/mol. The molecule has 0 spiro atoms. The summed E-state index contributed by atoms with van der Waals surface area (Å²) in [6.45, 7) is 1.92. The number of H-pyrrole nitrogens is 1. The molecule has 108 valence electrons. The van der Waals surface area contributed by atoms with Gasteiger partial charge in [-0.05, 0) is 37.3 Å². The Labute approximate surface area is 135 Å². The number of hydrogen-bond donors (Lipinski definition) is 2. The second-order valence-corrected chi connectivity index (χ2v) is 6.08. The number of fused-ring (bicyclic) bond motifs is 1. The Morgan fingerprint density at radius 1 is 1.33 bits per heavy atom. The largest absolute Gasteiger partial charge is 0.483 e. The highest BCUT2D eigenvalue weighted by Crippen LogP contribution is 2.28. The number of anilines is 1. The van der Waals surface area contributed by atoms with E-state index in [1.54, 1.807) is 12.1 Å². The zero-order chi connectivity index (χ0) is 15.0. The molecule has 1 heterocycles. The Hall–Kier alpha value is -1.72. The summed E-state index contributed by atoms with van der Waals surface area (Å²) < 4.78 is 6.76. The van der Waals surface area contributed by atoms with E-state index in [0.717, 1.165) is 21.3 Å². The lowest BCUT2D eigenvalue weighted by atomic mass is 10.3. The molecule has 0 saturated carbocycles. The molecule has 3 aromatic rings. The molecule has 21 heavy (non-hydrogen) atoms. The molecule has 3 N–H and O–H groups in total. The molecule has 0 aliphatic carbocycles. The van der Waals surface area contributed by atoms with Crippen LogP contribution in [0.4, 0.5) is 5.69 Å². The molecule has 0 aliphatic rings. The maximum Gasteiger partial charge on any atom is 0.153 e. The number of nitrogen functional groups attached to an aromatic ring is 1. The van der Waals surface area contributed by atoms with Gasteiger partial charge in [0.25, 0.3) is 0 Å². The quantitative estimate of drug-likeness (QED) is 0.660. The summed E-state index contributed by atoms with van der Waals surface area (Å²) in [5.41, 5.74) is 8.21. The van der Waals surface area contributed by atoms with Gasteiger partial charge in [-0.2, -0.15) is 0 Å². The number of imidazole rings is 1. The van der Waals surface area contributed by atoms with Gasteiger partial charge >= 0.3 is 0 Å². The van der Waals surface area contributed by atoms with Gasteiger partial charge in [-0.3, -0.25) is 0 Å². The predicted molar refractivity (Wildman–Crippen MR) is 88.7 cm³/mol. The number of aromatic amines is 1. The normalized spacial score (nSPS) is 12.5. The third-order valence-corrected chi connectivity index (χ3v) is 3.79. The number of halogens is 2. The SMILES string of the molecule is CC(Oc1cccc(Cl)c1)c1nc2c(N)cc(Br)cc2[nH]1. The molecular formula is C15H13BrClN3O. The molecule has 4 nitrogen and oxygen atoms in total. The highest BCUT2D eigenvalue weighted by Gasteiger charge is 2.14. The van der Waals surface area contributed by atoms with Gasteiger partial charge < -0.3 is 15.5 Å². The lowest BCUT2D eigenvalue weighted by Crippen LogP contribution is -2.04. The summed E-state index contributed by atoms with van der Waals surface area (Å²) in [4.78, 5) is 7.75. The summed E-state index contributed by atoms with van der Waals surface area (Å²) in [5, 5.41) is 0.637. The van der Waals surface area contributed by atoms with Crippen LogP contribution in [0.25, 0.3) is 11.0 Å². The third kappa shape index (κ3) is 2.99. The molecular weight excluding hydrogens is 354 g/mol. The molecule has 6 heteroatoms. The fourth-order valence-corrected chi connectivity index (χ4v) is 2.78. The molecule has 0 fully saturated rings. The third-order valence-electron chi connectivity index (χ3n) is 3.09. The molecule has 3 rings (SSSR count). The first-order valence-electron chi connectivity index (χ1n) is 6.40. The van der Waals surface area contributed by atoms with Gasteiger partial charge in [-0.15, -0.1) is 0 Å². The van der Waals surface area contributed by atoms with Crippen LogP contribution >= 0.6 is 27.5 Å². The molecule has 1 atom stereocenters. The van der Waals surface area contributed by atoms with Crippen LogP contribution in [0.5, 0.6) is 5.75 Å². The Balaban J connectivity index is 1.91. The van der Waals surface area contributed by atoms with Crippen molar-refractivity contribution < 1.29 is 4.74 Å². The average Bonchev–Trinajstić information content (AvgIpc) is 2.83. The fourth-order valence-electron chi connectivity index (χ4n) is 2.12. The highest BCUT2D eigenvalue weighted by atomic mass is 79.9. The zero-order valence-corrected chi connectivity index (χ0v) is 13.6. The first kappa shape index (κ1) is 14.2. The highest BCUT2D eigenvalue weighted by molar-refractivity contribution is 9.10. The minimum Gasteiger partial charge on any atom is -0.483 e. The van der Waals surface area contributed by atoms with Crippen molar-refractivity contribution in [3.05, 3.63) is 51.7 Å². The second-order valence-electron chi connectivity index (χ2n) is 4.73. The molecule has 1 unspecified atom stereocenters. The van der Waals surface area contributed by atoms with Gasteiger partial charge in [0.2, 0.25) is 0 Å². The first-order valence-corrected chi connectivity index (χ1v) is 7.57. The minimum absolute atomic E-state index is 0.242. The summed E-state index contributed by atoms with van der Waals surface area (Å²) in [7, 11) is 0. The van der Waals surface area contributed by atoms with E-state index in [-0.39, 0.29) is 6.10 Å². The van der Waals surface area contributed by atoms with E-state index in [0.29, 0.717) is 16.5 Å². The predicted octanol–water partition coefficient (Wildman–Crippen LogP) is 4.70. The standard InChI is InChI=1S/C15H13BrClN3O/c1-8(21-11-4-2-3-10(17)7-11)15-19-13-6-9(16)5-12(18)14(13)20-15/h2-8H,18H2,1H3,(H,19,20). The monoisotopic (exact) mass is 365 g/mol. The minimum atomic E-state index is -0.242. The van der Waals surface area contributed by atoms with Crippen LogP contribution in [0, 0.1) is 0 Å². The van der Waals surface area contributed by atoms with Gasteiger partial charge in [-0.1, -0.05) is 33.6 Å². The van der Waals surface area contributed by atoms with Gasteiger partial charge in [0.05, 0.1) is 11.2 Å². The van der Waals surface area contributed by atoms with Gasteiger partial charge in [0.1, 0.15) is 17.1 Å². The smallest absolute Gasteiger partial charge is 0.153 e. The number of nitrogens with one attached hydrogen (secondary N) is 1. The Kier molecular flexibility index (Phi) is 3.78. The van der Waals surface area contributed by atoms with E-state index < -0.39 is 0 Å². The molecule has 0 saturated heterocycles. The summed E-state index contributed by atoms with van der Waals surface area (Å²) in [5.74, 6) is 1.42. The van der Waals surface area contributed by atoms with E-state index in [4.69, 9.17) is 22.1 Å². The van der Waals surface area contributed by atoms with Gasteiger partial charge in [0.15, 0.2) is 6.10 Å². The Morgan fingerprint density at radius 2 is 2.14 bits per heavy atom. The fraction of sp³-hybridized carbons (Fsp3) is 0.133. The van der Waals surface area contributed by atoms with Gasteiger partial charge in [-0.25, -0.2) is 4.98 Å².